The lowest BCUT2D eigenvalue weighted by molar-refractivity contribution is 0.559. The van der Waals surface area contributed by atoms with Crippen LogP contribution in [0.25, 0.3) is 10.2 Å². The zero-order chi connectivity index (χ0) is 15.1. The predicted molar refractivity (Wildman–Crippen MR) is 84.3 cm³/mol. The van der Waals surface area contributed by atoms with Gasteiger partial charge in [-0.2, -0.15) is 0 Å². The van der Waals surface area contributed by atoms with Gasteiger partial charge in [-0.1, -0.05) is 0 Å². The molecule has 0 saturated carbocycles. The third-order valence-corrected chi connectivity index (χ3v) is 6.56. The maximum absolute atomic E-state index is 11.8. The number of hydrogen-bond acceptors (Lipinski definition) is 6. The van der Waals surface area contributed by atoms with Crippen molar-refractivity contribution in [2.75, 3.05) is 18.1 Å². The number of nitrogens with one attached hydrogen (secondary N) is 1. The minimum Gasteiger partial charge on any atom is -0.368 e. The molecule has 0 unspecified atom stereocenters. The van der Waals surface area contributed by atoms with Gasteiger partial charge < -0.3 is 5.32 Å². The summed E-state index contributed by atoms with van der Waals surface area (Å²) in [5, 5.41) is 6.19. The van der Waals surface area contributed by atoms with Crippen molar-refractivity contribution >= 4 is 37.2 Å². The zero-order valence-electron chi connectivity index (χ0n) is 12.3. The summed E-state index contributed by atoms with van der Waals surface area (Å²) in [6.45, 7) is 7.57. The molecule has 2 aromatic heterocycles. The van der Waals surface area contributed by atoms with Crippen LogP contribution in [0, 0.1) is 13.8 Å². The van der Waals surface area contributed by atoms with E-state index in [1.165, 1.54) is 6.26 Å². The summed E-state index contributed by atoms with van der Waals surface area (Å²) < 4.78 is 22.7. The Morgan fingerprint density at radius 2 is 1.95 bits per heavy atom. The molecular formula is C13H19N3O2S2. The van der Waals surface area contributed by atoms with Crippen LogP contribution in [0.4, 0.5) is 5.82 Å². The molecular weight excluding hydrogens is 294 g/mol. The molecule has 7 heteroatoms. The summed E-state index contributed by atoms with van der Waals surface area (Å²) in [6.07, 6.45) is 1.26. The lowest BCUT2D eigenvalue weighted by Crippen LogP contribution is -2.38. The van der Waals surface area contributed by atoms with Gasteiger partial charge in [0, 0.05) is 12.8 Å². The summed E-state index contributed by atoms with van der Waals surface area (Å²) in [4.78, 5) is 9.73. The largest absolute Gasteiger partial charge is 0.368 e. The first kappa shape index (κ1) is 15.2. The molecule has 110 valence electrons. The van der Waals surface area contributed by atoms with E-state index in [4.69, 9.17) is 0 Å². The first-order chi connectivity index (χ1) is 9.12. The van der Waals surface area contributed by atoms with Crippen LogP contribution in [0.15, 0.2) is 5.38 Å². The van der Waals surface area contributed by atoms with E-state index in [0.717, 1.165) is 15.8 Å². The fraction of sp³-hybridized carbons (Fsp3) is 0.538. The molecule has 0 aliphatic rings. The number of hydrogen-bond donors (Lipinski definition) is 1. The molecule has 2 aromatic rings. The van der Waals surface area contributed by atoms with Crippen molar-refractivity contribution in [1.29, 1.82) is 0 Å². The summed E-state index contributed by atoms with van der Waals surface area (Å²) in [7, 11) is -3.14. The van der Waals surface area contributed by atoms with Crippen molar-refractivity contribution in [2.45, 2.75) is 32.4 Å². The van der Waals surface area contributed by atoms with Gasteiger partial charge >= 0.3 is 0 Å². The fourth-order valence-corrected chi connectivity index (χ4v) is 3.05. The molecule has 2 heterocycles. The molecule has 0 aromatic carbocycles. The highest BCUT2D eigenvalue weighted by Crippen LogP contribution is 2.29. The van der Waals surface area contributed by atoms with E-state index >= 15 is 0 Å². The van der Waals surface area contributed by atoms with Crippen LogP contribution < -0.4 is 5.32 Å². The van der Waals surface area contributed by atoms with E-state index in [9.17, 15) is 8.42 Å². The topological polar surface area (TPSA) is 72.0 Å². The van der Waals surface area contributed by atoms with E-state index in [1.54, 1.807) is 25.2 Å². The second-order valence-corrected chi connectivity index (χ2v) is 9.11. The van der Waals surface area contributed by atoms with Crippen LogP contribution in [0.3, 0.4) is 0 Å². The van der Waals surface area contributed by atoms with Gasteiger partial charge in [0.05, 0.1) is 10.1 Å². The van der Waals surface area contributed by atoms with Crippen LogP contribution in [0.5, 0.6) is 0 Å². The van der Waals surface area contributed by atoms with E-state index in [0.29, 0.717) is 18.2 Å². The van der Waals surface area contributed by atoms with Gasteiger partial charge in [0.25, 0.3) is 0 Å². The summed E-state index contributed by atoms with van der Waals surface area (Å²) in [5.41, 5.74) is 1.10. The minimum atomic E-state index is -3.14. The Morgan fingerprint density at radius 3 is 2.55 bits per heavy atom. The molecule has 0 fully saturated rings. The van der Waals surface area contributed by atoms with Gasteiger partial charge in [-0.25, -0.2) is 18.4 Å². The average molecular weight is 313 g/mol. The molecule has 0 spiro atoms. The quantitative estimate of drug-likeness (QED) is 0.939. The monoisotopic (exact) mass is 313 g/mol. The molecule has 0 bridgehead atoms. The number of rotatable bonds is 4. The number of sulfone groups is 1. The van der Waals surface area contributed by atoms with Gasteiger partial charge in [0.15, 0.2) is 9.84 Å². The average Bonchev–Trinajstić information content (AvgIpc) is 2.66. The third kappa shape index (κ3) is 2.78. The van der Waals surface area contributed by atoms with Crippen LogP contribution in [-0.4, -0.2) is 35.9 Å². The number of thiophene rings is 1. The molecule has 5 nitrogen and oxygen atoms in total. The molecule has 2 rings (SSSR count). The van der Waals surface area contributed by atoms with Crippen molar-refractivity contribution in [2.24, 2.45) is 0 Å². The Kier molecular flexibility index (Phi) is 3.77. The van der Waals surface area contributed by atoms with E-state index in [-0.39, 0.29) is 0 Å². The van der Waals surface area contributed by atoms with Crippen LogP contribution in [-0.2, 0) is 9.84 Å². The lowest BCUT2D eigenvalue weighted by atomic mass is 10.2. The number of fused-ring (bicyclic) bond motifs is 1. The first-order valence-electron chi connectivity index (χ1n) is 6.28. The van der Waals surface area contributed by atoms with Gasteiger partial charge in [-0.3, -0.25) is 0 Å². The maximum atomic E-state index is 11.8. The molecule has 0 atom stereocenters. The van der Waals surface area contributed by atoms with Crippen molar-refractivity contribution in [1.82, 2.24) is 9.97 Å². The first-order valence-corrected chi connectivity index (χ1v) is 9.05. The second-order valence-electron chi connectivity index (χ2n) is 5.60. The van der Waals surface area contributed by atoms with E-state index < -0.39 is 14.6 Å². The number of anilines is 1. The van der Waals surface area contributed by atoms with Gasteiger partial charge in [0.1, 0.15) is 16.5 Å². The number of aryl methyl sites for hydroxylation is 2. The van der Waals surface area contributed by atoms with Crippen molar-refractivity contribution in [3.63, 3.8) is 0 Å². The van der Waals surface area contributed by atoms with Crippen LogP contribution in [0.2, 0.25) is 0 Å². The SMILES string of the molecule is Cc1nc(NCC(C)(C)S(C)(=O)=O)c2c(C)csc2n1. The van der Waals surface area contributed by atoms with Crippen LogP contribution in [0.1, 0.15) is 25.2 Å². The molecule has 0 aliphatic carbocycles. The van der Waals surface area contributed by atoms with Crippen LogP contribution >= 0.6 is 11.3 Å². The van der Waals surface area contributed by atoms with Gasteiger partial charge in [-0.15, -0.1) is 11.3 Å². The number of nitrogens with zero attached hydrogens (tertiary/aromatic N) is 2. The molecule has 0 aliphatic heterocycles. The summed E-state index contributed by atoms with van der Waals surface area (Å²) in [6, 6.07) is 0. The van der Waals surface area contributed by atoms with Gasteiger partial charge in [0.2, 0.25) is 0 Å². The highest BCUT2D eigenvalue weighted by Gasteiger charge is 2.30. The van der Waals surface area contributed by atoms with E-state index in [2.05, 4.69) is 15.3 Å². The smallest absolute Gasteiger partial charge is 0.154 e. The Labute approximate surface area is 123 Å². The van der Waals surface area contributed by atoms with E-state index in [1.807, 2.05) is 19.2 Å². The zero-order valence-corrected chi connectivity index (χ0v) is 13.9. The normalized spacial score (nSPS) is 12.8. The standard InChI is InChI=1S/C13H19N3O2S2/c1-8-6-19-12-10(8)11(15-9(2)16-12)14-7-13(3,4)20(5,17)18/h6H,7H2,1-5H3,(H,14,15,16). The molecule has 20 heavy (non-hydrogen) atoms. The minimum absolute atomic E-state index is 0.312. The fourth-order valence-electron chi connectivity index (χ4n) is 1.75. The Morgan fingerprint density at radius 1 is 1.30 bits per heavy atom. The second kappa shape index (κ2) is 4.96. The Balaban J connectivity index is 2.37. The maximum Gasteiger partial charge on any atom is 0.154 e. The van der Waals surface area contributed by atoms with Crippen molar-refractivity contribution < 1.29 is 8.42 Å². The molecule has 0 amide bonds. The number of aromatic nitrogens is 2. The summed E-state index contributed by atoms with van der Waals surface area (Å²) >= 11 is 1.57. The summed E-state index contributed by atoms with van der Waals surface area (Å²) in [5.74, 6) is 1.39. The molecule has 0 saturated heterocycles. The van der Waals surface area contributed by atoms with Gasteiger partial charge in [-0.05, 0) is 38.6 Å². The molecule has 1 N–H and O–H groups in total. The Bertz CT molecular complexity index is 748. The highest BCUT2D eigenvalue weighted by atomic mass is 32.2. The van der Waals surface area contributed by atoms with Crippen molar-refractivity contribution in [3.05, 3.63) is 16.8 Å². The molecule has 0 radical (unpaired) electrons. The third-order valence-electron chi connectivity index (χ3n) is 3.41. The lowest BCUT2D eigenvalue weighted by Gasteiger charge is -2.23. The Hall–Kier alpha value is -1.21. The highest BCUT2D eigenvalue weighted by molar-refractivity contribution is 7.92. The predicted octanol–water partition coefficient (Wildman–Crippen LogP) is 2.54. The van der Waals surface area contributed by atoms with Crippen molar-refractivity contribution in [3.8, 4) is 0 Å².